The molecule has 0 radical (unpaired) electrons. The number of aliphatic carboxylic acids is 1. The number of rotatable bonds is 14. The predicted molar refractivity (Wildman–Crippen MR) is 97.4 cm³/mol. The first-order valence-corrected chi connectivity index (χ1v) is 8.70. The van der Waals surface area contributed by atoms with E-state index in [-0.39, 0.29) is 6.42 Å². The third-order valence-electron chi connectivity index (χ3n) is 3.30. The van der Waals surface area contributed by atoms with E-state index < -0.39 is 12.1 Å². The van der Waals surface area contributed by atoms with Crippen LogP contribution in [0.3, 0.4) is 0 Å². The Hall–Kier alpha value is -1.61. The molecule has 23 heavy (non-hydrogen) atoms. The van der Waals surface area contributed by atoms with Crippen LogP contribution in [0.15, 0.2) is 48.6 Å². The van der Waals surface area contributed by atoms with Crippen LogP contribution in [0.4, 0.5) is 0 Å². The SMILES string of the molecule is CCCCC/C=C\C/C=C\C=C/C(O)C/C=C\CCCC(=O)O. The third kappa shape index (κ3) is 18.3. The second kappa shape index (κ2) is 16.8. The first kappa shape index (κ1) is 21.4. The monoisotopic (exact) mass is 320 g/mol. The van der Waals surface area contributed by atoms with Crippen molar-refractivity contribution in [2.24, 2.45) is 0 Å². The highest BCUT2D eigenvalue weighted by Crippen LogP contribution is 2.02. The van der Waals surface area contributed by atoms with E-state index in [0.717, 1.165) is 19.3 Å². The van der Waals surface area contributed by atoms with Gasteiger partial charge < -0.3 is 10.2 Å². The summed E-state index contributed by atoms with van der Waals surface area (Å²) in [5.41, 5.74) is 0. The van der Waals surface area contributed by atoms with Crippen molar-refractivity contribution >= 4 is 5.97 Å². The van der Waals surface area contributed by atoms with E-state index in [2.05, 4.69) is 25.2 Å². The molecule has 3 nitrogen and oxygen atoms in total. The summed E-state index contributed by atoms with van der Waals surface area (Å²) in [7, 11) is 0. The van der Waals surface area contributed by atoms with Gasteiger partial charge in [0.05, 0.1) is 6.10 Å². The average Bonchev–Trinajstić information content (AvgIpc) is 2.52. The molecule has 0 aliphatic carbocycles. The minimum absolute atomic E-state index is 0.199. The van der Waals surface area contributed by atoms with Gasteiger partial charge in [0.1, 0.15) is 0 Å². The second-order valence-corrected chi connectivity index (χ2v) is 5.58. The Labute approximate surface area is 141 Å². The first-order valence-electron chi connectivity index (χ1n) is 8.70. The smallest absolute Gasteiger partial charge is 0.303 e. The fraction of sp³-hybridized carbons (Fsp3) is 0.550. The topological polar surface area (TPSA) is 57.5 Å². The summed E-state index contributed by atoms with van der Waals surface area (Å²) < 4.78 is 0. The van der Waals surface area contributed by atoms with Gasteiger partial charge in [-0.2, -0.15) is 0 Å². The van der Waals surface area contributed by atoms with Gasteiger partial charge >= 0.3 is 5.97 Å². The quantitative estimate of drug-likeness (QED) is 0.263. The Morgan fingerprint density at radius 2 is 1.70 bits per heavy atom. The highest BCUT2D eigenvalue weighted by Gasteiger charge is 1.95. The number of carboxylic acid groups (broad SMARTS) is 1. The molecule has 0 aromatic rings. The Balaban J connectivity index is 3.63. The van der Waals surface area contributed by atoms with Gasteiger partial charge in [-0.1, -0.05) is 68.4 Å². The number of hydrogen-bond donors (Lipinski definition) is 2. The van der Waals surface area contributed by atoms with Crippen molar-refractivity contribution < 1.29 is 15.0 Å². The van der Waals surface area contributed by atoms with E-state index in [9.17, 15) is 9.90 Å². The first-order chi connectivity index (χ1) is 11.2. The lowest BCUT2D eigenvalue weighted by Gasteiger charge is -1.99. The summed E-state index contributed by atoms with van der Waals surface area (Å²) in [6.45, 7) is 2.21. The Bertz CT molecular complexity index is 392. The van der Waals surface area contributed by atoms with Gasteiger partial charge in [-0.15, -0.1) is 0 Å². The summed E-state index contributed by atoms with van der Waals surface area (Å²) in [4.78, 5) is 10.3. The van der Waals surface area contributed by atoms with Gasteiger partial charge in [0.25, 0.3) is 0 Å². The molecule has 3 heteroatoms. The van der Waals surface area contributed by atoms with Crippen molar-refractivity contribution in [1.29, 1.82) is 0 Å². The summed E-state index contributed by atoms with van der Waals surface area (Å²) in [6.07, 6.45) is 23.5. The van der Waals surface area contributed by atoms with Crippen LogP contribution < -0.4 is 0 Å². The van der Waals surface area contributed by atoms with E-state index in [1.165, 1.54) is 19.3 Å². The molecule has 0 bridgehead atoms. The molecule has 0 aromatic carbocycles. The molecular formula is C20H32O3. The van der Waals surface area contributed by atoms with Crippen LogP contribution in [0.5, 0.6) is 0 Å². The number of carboxylic acids is 1. The number of allylic oxidation sites excluding steroid dienone is 6. The molecular weight excluding hydrogens is 288 g/mol. The molecule has 0 saturated heterocycles. The lowest BCUT2D eigenvalue weighted by Crippen LogP contribution is -1.98. The van der Waals surface area contributed by atoms with Crippen LogP contribution >= 0.6 is 0 Å². The van der Waals surface area contributed by atoms with E-state index in [0.29, 0.717) is 12.8 Å². The Morgan fingerprint density at radius 3 is 2.43 bits per heavy atom. The largest absolute Gasteiger partial charge is 0.481 e. The zero-order valence-corrected chi connectivity index (χ0v) is 14.4. The molecule has 1 atom stereocenters. The summed E-state index contributed by atoms with van der Waals surface area (Å²) in [5, 5.41) is 18.2. The summed E-state index contributed by atoms with van der Waals surface area (Å²) in [5.74, 6) is -0.760. The lowest BCUT2D eigenvalue weighted by atomic mass is 10.2. The van der Waals surface area contributed by atoms with Gasteiger partial charge in [0, 0.05) is 6.42 Å². The minimum Gasteiger partial charge on any atom is -0.481 e. The number of aliphatic hydroxyl groups excluding tert-OH is 1. The van der Waals surface area contributed by atoms with Gasteiger partial charge in [-0.25, -0.2) is 0 Å². The molecule has 0 spiro atoms. The molecule has 0 aliphatic heterocycles. The third-order valence-corrected chi connectivity index (χ3v) is 3.30. The molecule has 0 fully saturated rings. The maximum absolute atomic E-state index is 10.3. The Morgan fingerprint density at radius 1 is 0.957 bits per heavy atom. The van der Waals surface area contributed by atoms with E-state index in [4.69, 9.17) is 5.11 Å². The molecule has 0 heterocycles. The van der Waals surface area contributed by atoms with Gasteiger partial charge in [-0.3, -0.25) is 4.79 Å². The van der Waals surface area contributed by atoms with Gasteiger partial charge in [0.15, 0.2) is 0 Å². The zero-order valence-electron chi connectivity index (χ0n) is 14.4. The molecule has 0 aliphatic rings. The maximum Gasteiger partial charge on any atom is 0.303 e. The highest BCUT2D eigenvalue weighted by atomic mass is 16.4. The molecule has 0 amide bonds. The lowest BCUT2D eigenvalue weighted by molar-refractivity contribution is -0.137. The normalized spacial score (nSPS) is 13.8. The molecule has 0 saturated carbocycles. The second-order valence-electron chi connectivity index (χ2n) is 5.58. The van der Waals surface area contributed by atoms with Gasteiger partial charge in [0.2, 0.25) is 0 Å². The molecule has 0 aromatic heterocycles. The number of unbranched alkanes of at least 4 members (excludes halogenated alkanes) is 4. The van der Waals surface area contributed by atoms with E-state index in [1.54, 1.807) is 6.08 Å². The van der Waals surface area contributed by atoms with Crippen molar-refractivity contribution in [3.63, 3.8) is 0 Å². The van der Waals surface area contributed by atoms with E-state index in [1.807, 2.05) is 24.3 Å². The van der Waals surface area contributed by atoms with Crippen LogP contribution in [-0.2, 0) is 4.79 Å². The van der Waals surface area contributed by atoms with Crippen molar-refractivity contribution in [2.45, 2.75) is 70.8 Å². The minimum atomic E-state index is -0.760. The summed E-state index contributed by atoms with van der Waals surface area (Å²) in [6, 6.07) is 0. The molecule has 130 valence electrons. The zero-order chi connectivity index (χ0) is 17.2. The van der Waals surface area contributed by atoms with Crippen molar-refractivity contribution in [3.8, 4) is 0 Å². The number of hydrogen-bond acceptors (Lipinski definition) is 2. The molecule has 2 N–H and O–H groups in total. The van der Waals surface area contributed by atoms with Crippen molar-refractivity contribution in [2.75, 3.05) is 0 Å². The van der Waals surface area contributed by atoms with Crippen LogP contribution in [0.25, 0.3) is 0 Å². The Kier molecular flexibility index (Phi) is 15.6. The standard InChI is InChI=1S/C20H32O3/c1-2-3-4-5-6-7-8-9-10-13-16-19(21)17-14-11-12-15-18-20(22)23/h6-7,9-11,13-14,16,19,21H,2-5,8,12,15,17-18H2,1H3,(H,22,23)/b7-6-,10-9-,14-11-,16-13-. The van der Waals surface area contributed by atoms with Crippen LogP contribution in [0, 0.1) is 0 Å². The van der Waals surface area contributed by atoms with Crippen LogP contribution in [0.1, 0.15) is 64.7 Å². The molecule has 0 rings (SSSR count). The molecule has 1 unspecified atom stereocenters. The van der Waals surface area contributed by atoms with Crippen molar-refractivity contribution in [1.82, 2.24) is 0 Å². The fourth-order valence-electron chi connectivity index (χ4n) is 1.96. The highest BCUT2D eigenvalue weighted by molar-refractivity contribution is 5.66. The summed E-state index contributed by atoms with van der Waals surface area (Å²) >= 11 is 0. The van der Waals surface area contributed by atoms with E-state index >= 15 is 0 Å². The van der Waals surface area contributed by atoms with Gasteiger partial charge in [-0.05, 0) is 38.5 Å². The number of carbonyl (C=O) groups is 1. The van der Waals surface area contributed by atoms with Crippen molar-refractivity contribution in [3.05, 3.63) is 48.6 Å². The fourth-order valence-corrected chi connectivity index (χ4v) is 1.96. The predicted octanol–water partition coefficient (Wildman–Crippen LogP) is 5.19. The number of aliphatic hydroxyl groups is 1. The maximum atomic E-state index is 10.3. The average molecular weight is 320 g/mol. The van der Waals surface area contributed by atoms with Crippen LogP contribution in [0.2, 0.25) is 0 Å². The van der Waals surface area contributed by atoms with Crippen LogP contribution in [-0.4, -0.2) is 22.3 Å².